The second-order valence-electron chi connectivity index (χ2n) is 7.38. The monoisotopic (exact) mass is 304 g/mol. The zero-order valence-corrected chi connectivity index (χ0v) is 13.6. The Morgan fingerprint density at radius 1 is 1.33 bits per heavy atom. The number of rotatable bonds is 2. The zero-order valence-electron chi connectivity index (χ0n) is 12.8. The minimum atomic E-state index is 0.456. The van der Waals surface area contributed by atoms with Gasteiger partial charge in [0.25, 0.3) is 0 Å². The minimum absolute atomic E-state index is 0.456. The summed E-state index contributed by atoms with van der Waals surface area (Å²) in [5.41, 5.74) is 1.89. The molecule has 3 aliphatic rings. The van der Waals surface area contributed by atoms with Crippen LogP contribution in [0.15, 0.2) is 24.3 Å². The zero-order chi connectivity index (χ0) is 14.4. The van der Waals surface area contributed by atoms with E-state index in [2.05, 4.69) is 35.3 Å². The summed E-state index contributed by atoms with van der Waals surface area (Å²) in [7, 11) is 0. The second kappa shape index (κ2) is 5.26. The van der Waals surface area contributed by atoms with Crippen LogP contribution in [0.2, 0.25) is 5.02 Å². The summed E-state index contributed by atoms with van der Waals surface area (Å²) in [4.78, 5) is 2.79. The molecular weight excluding hydrogens is 280 g/mol. The molecule has 1 spiro atoms. The van der Waals surface area contributed by atoms with Gasteiger partial charge in [0.05, 0.1) is 0 Å². The molecule has 3 fully saturated rings. The van der Waals surface area contributed by atoms with E-state index in [1.54, 1.807) is 0 Å². The van der Waals surface area contributed by atoms with Crippen molar-refractivity contribution in [3.05, 3.63) is 34.9 Å². The van der Waals surface area contributed by atoms with Crippen LogP contribution < -0.4 is 5.32 Å². The van der Waals surface area contributed by atoms with Gasteiger partial charge in [-0.15, -0.1) is 0 Å². The Bertz CT molecular complexity index is 528. The number of nitrogens with zero attached hydrogens (tertiary/aromatic N) is 1. The number of nitrogens with one attached hydrogen (secondary N) is 1. The van der Waals surface area contributed by atoms with E-state index >= 15 is 0 Å². The number of halogens is 1. The summed E-state index contributed by atoms with van der Waals surface area (Å²) >= 11 is 6.25. The molecule has 3 heteroatoms. The fourth-order valence-electron chi connectivity index (χ4n) is 4.79. The van der Waals surface area contributed by atoms with Crippen molar-refractivity contribution in [2.24, 2.45) is 5.41 Å². The van der Waals surface area contributed by atoms with Gasteiger partial charge in [-0.3, -0.25) is 4.90 Å². The Kier molecular flexibility index (Phi) is 3.52. The van der Waals surface area contributed by atoms with Gasteiger partial charge in [0.15, 0.2) is 0 Å². The average molecular weight is 305 g/mol. The first kappa shape index (κ1) is 14.0. The van der Waals surface area contributed by atoms with E-state index in [1.165, 1.54) is 44.3 Å². The molecule has 1 aromatic carbocycles. The predicted molar refractivity (Wildman–Crippen MR) is 87.9 cm³/mol. The largest absolute Gasteiger partial charge is 0.316 e. The van der Waals surface area contributed by atoms with Crippen LogP contribution in [0, 0.1) is 5.41 Å². The molecule has 1 N–H and O–H groups in total. The number of hydrogen-bond acceptors (Lipinski definition) is 2. The highest BCUT2D eigenvalue weighted by Gasteiger charge is 2.51. The van der Waals surface area contributed by atoms with Crippen LogP contribution in [0.25, 0.3) is 0 Å². The number of hydrogen-bond donors (Lipinski definition) is 1. The molecule has 0 amide bonds. The Morgan fingerprint density at radius 2 is 2.19 bits per heavy atom. The standard InChI is InChI=1S/C18H25ClN2/c1-13-10-18(12-21(13)16-5-6-16)7-8-20-11-17(18)14-3-2-4-15(19)9-14/h2-4,9,13,16-17,20H,5-8,10-12H2,1H3. The van der Waals surface area contributed by atoms with Crippen LogP contribution in [0.4, 0.5) is 0 Å². The van der Waals surface area contributed by atoms with Crippen molar-refractivity contribution >= 4 is 11.6 Å². The maximum atomic E-state index is 6.25. The first-order valence-electron chi connectivity index (χ1n) is 8.40. The van der Waals surface area contributed by atoms with Gasteiger partial charge in [-0.2, -0.15) is 0 Å². The van der Waals surface area contributed by atoms with Crippen LogP contribution in [0.5, 0.6) is 0 Å². The van der Waals surface area contributed by atoms with Gasteiger partial charge in [0.2, 0.25) is 0 Å². The maximum Gasteiger partial charge on any atom is 0.0408 e. The van der Waals surface area contributed by atoms with Gasteiger partial charge >= 0.3 is 0 Å². The molecule has 2 nitrogen and oxygen atoms in total. The molecule has 0 radical (unpaired) electrons. The van der Waals surface area contributed by atoms with Gasteiger partial charge in [-0.25, -0.2) is 0 Å². The third-order valence-electron chi connectivity index (χ3n) is 5.92. The smallest absolute Gasteiger partial charge is 0.0408 e. The van der Waals surface area contributed by atoms with E-state index in [1.807, 2.05) is 6.07 Å². The highest BCUT2D eigenvalue weighted by molar-refractivity contribution is 6.30. The average Bonchev–Trinajstić information content (AvgIpc) is 3.25. The topological polar surface area (TPSA) is 15.3 Å². The summed E-state index contributed by atoms with van der Waals surface area (Å²) in [6.07, 6.45) is 5.49. The third kappa shape index (κ3) is 2.52. The number of likely N-dealkylation sites (tertiary alicyclic amines) is 1. The Hall–Kier alpha value is -0.570. The van der Waals surface area contributed by atoms with Crippen LogP contribution in [0.3, 0.4) is 0 Å². The molecule has 0 aromatic heterocycles. The summed E-state index contributed by atoms with van der Waals surface area (Å²) in [6, 6.07) is 10.2. The summed E-state index contributed by atoms with van der Waals surface area (Å²) in [6.45, 7) is 6.00. The molecule has 2 saturated heterocycles. The van der Waals surface area contributed by atoms with Crippen molar-refractivity contribution in [2.45, 2.75) is 50.6 Å². The molecule has 1 aliphatic carbocycles. The molecule has 0 bridgehead atoms. The van der Waals surface area contributed by atoms with Gasteiger partial charge in [-0.1, -0.05) is 23.7 Å². The number of benzene rings is 1. The number of piperidine rings is 1. The highest BCUT2D eigenvalue weighted by atomic mass is 35.5. The molecule has 21 heavy (non-hydrogen) atoms. The summed E-state index contributed by atoms with van der Waals surface area (Å²) < 4.78 is 0. The van der Waals surface area contributed by atoms with Crippen LogP contribution in [-0.2, 0) is 0 Å². The van der Waals surface area contributed by atoms with Crippen molar-refractivity contribution in [3.8, 4) is 0 Å². The first-order valence-corrected chi connectivity index (χ1v) is 8.78. The van der Waals surface area contributed by atoms with E-state index in [0.29, 0.717) is 11.3 Å². The molecule has 3 unspecified atom stereocenters. The molecule has 2 heterocycles. The fraction of sp³-hybridized carbons (Fsp3) is 0.667. The molecule has 1 aromatic rings. The van der Waals surface area contributed by atoms with E-state index in [-0.39, 0.29) is 0 Å². The van der Waals surface area contributed by atoms with E-state index in [4.69, 9.17) is 11.6 Å². The van der Waals surface area contributed by atoms with Gasteiger partial charge in [0.1, 0.15) is 0 Å². The lowest BCUT2D eigenvalue weighted by molar-refractivity contribution is 0.159. The van der Waals surface area contributed by atoms with Crippen LogP contribution in [0.1, 0.15) is 44.1 Å². The van der Waals surface area contributed by atoms with Crippen molar-refractivity contribution in [1.29, 1.82) is 0 Å². The lowest BCUT2D eigenvalue weighted by Crippen LogP contribution is -2.45. The SMILES string of the molecule is CC1CC2(CCNCC2c2cccc(Cl)c2)CN1C1CC1. The predicted octanol–water partition coefficient (Wildman–Crippen LogP) is 3.66. The normalized spacial score (nSPS) is 37.2. The van der Waals surface area contributed by atoms with Crippen molar-refractivity contribution in [3.63, 3.8) is 0 Å². The van der Waals surface area contributed by atoms with E-state index in [0.717, 1.165) is 23.7 Å². The Labute approximate surface area is 132 Å². The quantitative estimate of drug-likeness (QED) is 0.897. The molecule has 3 atom stereocenters. The van der Waals surface area contributed by atoms with Crippen LogP contribution in [-0.4, -0.2) is 36.6 Å². The highest BCUT2D eigenvalue weighted by Crippen LogP contribution is 2.52. The van der Waals surface area contributed by atoms with Gasteiger partial charge in [0, 0.05) is 36.1 Å². The Balaban J connectivity index is 1.65. The molecule has 4 rings (SSSR count). The first-order chi connectivity index (χ1) is 10.2. The molecule has 2 aliphatic heterocycles. The molecule has 114 valence electrons. The maximum absolute atomic E-state index is 6.25. The van der Waals surface area contributed by atoms with E-state index in [9.17, 15) is 0 Å². The summed E-state index contributed by atoms with van der Waals surface area (Å²) in [5, 5.41) is 4.49. The third-order valence-corrected chi connectivity index (χ3v) is 6.15. The molecule has 1 saturated carbocycles. The lowest BCUT2D eigenvalue weighted by atomic mass is 9.66. The van der Waals surface area contributed by atoms with E-state index < -0.39 is 0 Å². The lowest BCUT2D eigenvalue weighted by Gasteiger charge is -2.42. The molecular formula is C18H25ClN2. The summed E-state index contributed by atoms with van der Waals surface area (Å²) in [5.74, 6) is 0.608. The van der Waals surface area contributed by atoms with Crippen LogP contribution >= 0.6 is 11.6 Å². The van der Waals surface area contributed by atoms with Crippen molar-refractivity contribution < 1.29 is 0 Å². The van der Waals surface area contributed by atoms with Crippen molar-refractivity contribution in [1.82, 2.24) is 10.2 Å². The van der Waals surface area contributed by atoms with Crippen molar-refractivity contribution in [2.75, 3.05) is 19.6 Å². The Morgan fingerprint density at radius 3 is 2.95 bits per heavy atom. The van der Waals surface area contributed by atoms with Gasteiger partial charge < -0.3 is 5.32 Å². The fourth-order valence-corrected chi connectivity index (χ4v) is 4.99. The minimum Gasteiger partial charge on any atom is -0.316 e. The van der Waals surface area contributed by atoms with Gasteiger partial charge in [-0.05, 0) is 62.3 Å². The second-order valence-corrected chi connectivity index (χ2v) is 7.82.